The van der Waals surface area contributed by atoms with Gasteiger partial charge in [0.25, 0.3) is 0 Å². The lowest BCUT2D eigenvalue weighted by Gasteiger charge is -2.26. The van der Waals surface area contributed by atoms with Gasteiger partial charge in [0, 0.05) is 35.7 Å². The van der Waals surface area contributed by atoms with Gasteiger partial charge in [0.05, 0.1) is 0 Å². The van der Waals surface area contributed by atoms with Gasteiger partial charge in [-0.2, -0.15) is 0 Å². The molecule has 0 aliphatic heterocycles. The van der Waals surface area contributed by atoms with Crippen LogP contribution in [0.3, 0.4) is 0 Å². The molecule has 0 aliphatic rings. The number of hydrogen-bond donors (Lipinski definition) is 2. The second-order valence-corrected chi connectivity index (χ2v) is 5.52. The summed E-state index contributed by atoms with van der Waals surface area (Å²) < 4.78 is 0. The highest BCUT2D eigenvalue weighted by Crippen LogP contribution is 2.19. The molecular weight excluding hydrogens is 210 g/mol. The molecule has 0 radical (unpaired) electrons. The molecule has 0 bridgehead atoms. The number of rotatable bonds is 4. The standard InChI is InChI=1S/C14H21N3/c1-14(2,15)10-17(3)9-11-8-16-13-7-5-4-6-12(11)13/h4-8,16H,9-10,15H2,1-3H3. The van der Waals surface area contributed by atoms with Gasteiger partial charge in [-0.05, 0) is 32.5 Å². The van der Waals surface area contributed by atoms with Crippen LogP contribution in [0.25, 0.3) is 10.9 Å². The first-order valence-corrected chi connectivity index (χ1v) is 5.98. The van der Waals surface area contributed by atoms with E-state index in [2.05, 4.69) is 61.2 Å². The number of fused-ring (bicyclic) bond motifs is 1. The molecule has 3 heteroatoms. The maximum absolute atomic E-state index is 6.03. The predicted molar refractivity (Wildman–Crippen MR) is 72.9 cm³/mol. The number of likely N-dealkylation sites (N-methyl/N-ethyl adjacent to an activating group) is 1. The molecule has 17 heavy (non-hydrogen) atoms. The third kappa shape index (κ3) is 3.08. The summed E-state index contributed by atoms with van der Waals surface area (Å²) in [6, 6.07) is 8.39. The van der Waals surface area contributed by atoms with Crippen LogP contribution < -0.4 is 5.73 Å². The van der Waals surface area contributed by atoms with Crippen molar-refractivity contribution in [1.29, 1.82) is 0 Å². The van der Waals surface area contributed by atoms with E-state index in [1.807, 2.05) is 0 Å². The fraction of sp³-hybridized carbons (Fsp3) is 0.429. The number of aromatic nitrogens is 1. The molecule has 0 unspecified atom stereocenters. The Bertz CT molecular complexity index is 493. The third-order valence-corrected chi connectivity index (χ3v) is 2.79. The quantitative estimate of drug-likeness (QED) is 0.848. The van der Waals surface area contributed by atoms with Crippen molar-refractivity contribution in [2.45, 2.75) is 25.9 Å². The van der Waals surface area contributed by atoms with Crippen molar-refractivity contribution in [3.63, 3.8) is 0 Å². The Kier molecular flexibility index (Phi) is 3.22. The molecule has 1 aromatic heterocycles. The van der Waals surface area contributed by atoms with Gasteiger partial charge in [0.15, 0.2) is 0 Å². The Balaban J connectivity index is 2.13. The molecule has 3 nitrogen and oxygen atoms in total. The van der Waals surface area contributed by atoms with Crippen molar-refractivity contribution >= 4 is 10.9 Å². The van der Waals surface area contributed by atoms with Crippen molar-refractivity contribution in [3.8, 4) is 0 Å². The van der Waals surface area contributed by atoms with Crippen LogP contribution in [0.4, 0.5) is 0 Å². The normalized spacial score (nSPS) is 12.5. The van der Waals surface area contributed by atoms with Gasteiger partial charge in [0.2, 0.25) is 0 Å². The Morgan fingerprint density at radius 1 is 1.29 bits per heavy atom. The molecule has 0 saturated carbocycles. The number of nitrogens with two attached hydrogens (primary N) is 1. The summed E-state index contributed by atoms with van der Waals surface area (Å²) in [6.07, 6.45) is 2.09. The Labute approximate surface area is 103 Å². The Morgan fingerprint density at radius 3 is 2.71 bits per heavy atom. The Hall–Kier alpha value is -1.32. The second kappa shape index (κ2) is 4.51. The maximum atomic E-state index is 6.03. The van der Waals surface area contributed by atoms with Crippen LogP contribution in [-0.4, -0.2) is 29.0 Å². The van der Waals surface area contributed by atoms with E-state index in [-0.39, 0.29) is 5.54 Å². The molecule has 2 rings (SSSR count). The highest BCUT2D eigenvalue weighted by molar-refractivity contribution is 5.82. The second-order valence-electron chi connectivity index (χ2n) is 5.52. The number of nitrogens with one attached hydrogen (secondary N) is 1. The fourth-order valence-corrected chi connectivity index (χ4v) is 2.30. The number of hydrogen-bond acceptors (Lipinski definition) is 2. The average Bonchev–Trinajstić information content (AvgIpc) is 2.59. The molecule has 2 aromatic rings. The number of para-hydroxylation sites is 1. The average molecular weight is 231 g/mol. The Morgan fingerprint density at radius 2 is 2.00 bits per heavy atom. The van der Waals surface area contributed by atoms with E-state index in [1.165, 1.54) is 16.5 Å². The van der Waals surface area contributed by atoms with Crippen LogP contribution in [0.5, 0.6) is 0 Å². The van der Waals surface area contributed by atoms with E-state index in [1.54, 1.807) is 0 Å². The molecule has 1 heterocycles. The lowest BCUT2D eigenvalue weighted by atomic mass is 10.1. The van der Waals surface area contributed by atoms with Gasteiger partial charge in [-0.1, -0.05) is 18.2 Å². The molecule has 3 N–H and O–H groups in total. The highest BCUT2D eigenvalue weighted by atomic mass is 15.1. The lowest BCUT2D eigenvalue weighted by Crippen LogP contribution is -2.43. The highest BCUT2D eigenvalue weighted by Gasteiger charge is 2.14. The van der Waals surface area contributed by atoms with E-state index >= 15 is 0 Å². The number of H-pyrrole nitrogens is 1. The van der Waals surface area contributed by atoms with Crippen molar-refractivity contribution in [2.75, 3.05) is 13.6 Å². The maximum Gasteiger partial charge on any atom is 0.0457 e. The van der Waals surface area contributed by atoms with Gasteiger partial charge in [-0.15, -0.1) is 0 Å². The number of aromatic amines is 1. The smallest absolute Gasteiger partial charge is 0.0457 e. The minimum Gasteiger partial charge on any atom is -0.361 e. The van der Waals surface area contributed by atoms with Crippen LogP contribution >= 0.6 is 0 Å². The summed E-state index contributed by atoms with van der Waals surface area (Å²) in [7, 11) is 2.11. The third-order valence-electron chi connectivity index (χ3n) is 2.79. The zero-order chi connectivity index (χ0) is 12.5. The van der Waals surface area contributed by atoms with E-state index < -0.39 is 0 Å². The molecule has 0 saturated heterocycles. The minimum absolute atomic E-state index is 0.152. The molecule has 0 spiro atoms. The van der Waals surface area contributed by atoms with Crippen molar-refractivity contribution < 1.29 is 0 Å². The molecule has 1 aromatic carbocycles. The van der Waals surface area contributed by atoms with Gasteiger partial charge in [0.1, 0.15) is 0 Å². The fourth-order valence-electron chi connectivity index (χ4n) is 2.30. The molecule has 0 amide bonds. The monoisotopic (exact) mass is 231 g/mol. The van der Waals surface area contributed by atoms with Gasteiger partial charge in [-0.3, -0.25) is 0 Å². The van der Waals surface area contributed by atoms with Crippen molar-refractivity contribution in [3.05, 3.63) is 36.0 Å². The van der Waals surface area contributed by atoms with E-state index in [0.29, 0.717) is 0 Å². The number of nitrogens with zero attached hydrogens (tertiary/aromatic N) is 1. The molecular formula is C14H21N3. The predicted octanol–water partition coefficient (Wildman–Crippen LogP) is 2.34. The minimum atomic E-state index is -0.152. The lowest BCUT2D eigenvalue weighted by molar-refractivity contribution is 0.264. The van der Waals surface area contributed by atoms with Crippen LogP contribution in [0.1, 0.15) is 19.4 Å². The topological polar surface area (TPSA) is 45.0 Å². The zero-order valence-corrected chi connectivity index (χ0v) is 10.8. The summed E-state index contributed by atoms with van der Waals surface area (Å²) >= 11 is 0. The summed E-state index contributed by atoms with van der Waals surface area (Å²) in [5.41, 5.74) is 8.40. The van der Waals surface area contributed by atoms with Crippen LogP contribution in [0.15, 0.2) is 30.5 Å². The van der Waals surface area contributed by atoms with Gasteiger partial charge >= 0.3 is 0 Å². The van der Waals surface area contributed by atoms with Gasteiger partial charge in [-0.25, -0.2) is 0 Å². The molecule has 0 fully saturated rings. The zero-order valence-electron chi connectivity index (χ0n) is 10.8. The summed E-state index contributed by atoms with van der Waals surface area (Å²) in [5, 5.41) is 1.30. The summed E-state index contributed by atoms with van der Waals surface area (Å²) in [5.74, 6) is 0. The molecule has 92 valence electrons. The van der Waals surface area contributed by atoms with Crippen molar-refractivity contribution in [2.24, 2.45) is 5.73 Å². The van der Waals surface area contributed by atoms with Crippen LogP contribution in [0, 0.1) is 0 Å². The first-order chi connectivity index (χ1) is 7.96. The van der Waals surface area contributed by atoms with Gasteiger partial charge < -0.3 is 15.6 Å². The van der Waals surface area contributed by atoms with Crippen LogP contribution in [0.2, 0.25) is 0 Å². The van der Waals surface area contributed by atoms with Crippen LogP contribution in [-0.2, 0) is 6.54 Å². The summed E-state index contributed by atoms with van der Waals surface area (Å²) in [6.45, 7) is 5.91. The SMILES string of the molecule is CN(Cc1c[nH]c2ccccc12)CC(C)(C)N. The first kappa shape index (κ1) is 12.1. The summed E-state index contributed by atoms with van der Waals surface area (Å²) in [4.78, 5) is 5.56. The molecule has 0 aliphatic carbocycles. The largest absolute Gasteiger partial charge is 0.361 e. The van der Waals surface area contributed by atoms with Crippen molar-refractivity contribution in [1.82, 2.24) is 9.88 Å². The molecule has 0 atom stereocenters. The van der Waals surface area contributed by atoms with E-state index in [4.69, 9.17) is 5.73 Å². The first-order valence-electron chi connectivity index (χ1n) is 5.98. The number of benzene rings is 1. The van der Waals surface area contributed by atoms with E-state index in [0.717, 1.165) is 13.1 Å². The van der Waals surface area contributed by atoms with E-state index in [9.17, 15) is 0 Å².